The minimum atomic E-state index is 1.08. The van der Waals surface area contributed by atoms with E-state index in [9.17, 15) is 0 Å². The summed E-state index contributed by atoms with van der Waals surface area (Å²) in [6.45, 7) is 3.60. The number of nitrogens with zero attached hydrogens (tertiary/aromatic N) is 2. The lowest BCUT2D eigenvalue weighted by Gasteiger charge is -2.29. The van der Waals surface area contributed by atoms with Crippen LogP contribution in [0, 0.1) is 0 Å². The first-order chi connectivity index (χ1) is 8.47. The zero-order valence-corrected chi connectivity index (χ0v) is 11.3. The van der Waals surface area contributed by atoms with Crippen LogP contribution < -0.4 is 0 Å². The maximum atomic E-state index is 4.75. The third-order valence-electron chi connectivity index (χ3n) is 4.07. The largest absolute Gasteiger partial charge is 0.360 e. The topological polar surface area (TPSA) is 15.6 Å². The minimum Gasteiger partial charge on any atom is -0.360 e. The SMILES string of the molecule is C1CCCCCC2=NCCCN2CCCCC1. The molecule has 0 aromatic heterocycles. The molecule has 0 spiro atoms. The first kappa shape index (κ1) is 12.9. The molecule has 0 aromatic rings. The quantitative estimate of drug-likeness (QED) is 0.620. The van der Waals surface area contributed by atoms with Crippen molar-refractivity contribution in [2.24, 2.45) is 4.99 Å². The fourth-order valence-corrected chi connectivity index (χ4v) is 3.00. The van der Waals surface area contributed by atoms with Crippen LogP contribution in [0.4, 0.5) is 0 Å². The lowest BCUT2D eigenvalue weighted by atomic mass is 10.1. The second-order valence-electron chi connectivity index (χ2n) is 5.57. The van der Waals surface area contributed by atoms with E-state index in [0.717, 1.165) is 6.54 Å². The molecule has 1 fully saturated rings. The molecule has 2 heteroatoms. The third-order valence-corrected chi connectivity index (χ3v) is 4.07. The fourth-order valence-electron chi connectivity index (χ4n) is 3.00. The minimum absolute atomic E-state index is 1.08. The van der Waals surface area contributed by atoms with E-state index in [1.54, 1.807) is 0 Å². The molecule has 0 unspecified atom stereocenters. The monoisotopic (exact) mass is 236 g/mol. The van der Waals surface area contributed by atoms with Crippen LogP contribution >= 0.6 is 0 Å². The Morgan fingerprint density at radius 3 is 2.00 bits per heavy atom. The lowest BCUT2D eigenvalue weighted by Crippen LogP contribution is -2.36. The highest BCUT2D eigenvalue weighted by molar-refractivity contribution is 5.82. The second kappa shape index (κ2) is 7.73. The van der Waals surface area contributed by atoms with Crippen molar-refractivity contribution in [3.05, 3.63) is 0 Å². The van der Waals surface area contributed by atoms with Crippen molar-refractivity contribution >= 4 is 5.84 Å². The number of fused-ring (bicyclic) bond motifs is 1. The third kappa shape index (κ3) is 4.69. The normalized spacial score (nSPS) is 24.9. The lowest BCUT2D eigenvalue weighted by molar-refractivity contribution is 0.371. The molecular weight excluding hydrogens is 208 g/mol. The summed E-state index contributed by atoms with van der Waals surface area (Å²) >= 11 is 0. The summed E-state index contributed by atoms with van der Waals surface area (Å²) in [5.41, 5.74) is 0. The first-order valence-electron chi connectivity index (χ1n) is 7.75. The van der Waals surface area contributed by atoms with Crippen LogP contribution in [0.15, 0.2) is 4.99 Å². The number of hydrogen-bond acceptors (Lipinski definition) is 2. The molecule has 0 amide bonds. The van der Waals surface area contributed by atoms with E-state index in [1.807, 2.05) is 0 Å². The standard InChI is InChI=1S/C15H28N2/c1-2-4-6-8-11-15-16-12-10-14-17(15)13-9-7-5-3-1/h1-14H2. The van der Waals surface area contributed by atoms with Gasteiger partial charge in [0.25, 0.3) is 0 Å². The molecule has 0 saturated carbocycles. The van der Waals surface area contributed by atoms with Crippen molar-refractivity contribution in [1.29, 1.82) is 0 Å². The van der Waals surface area contributed by atoms with E-state index in [2.05, 4.69) is 4.90 Å². The molecule has 2 heterocycles. The van der Waals surface area contributed by atoms with Crippen molar-refractivity contribution in [2.75, 3.05) is 19.6 Å². The predicted molar refractivity (Wildman–Crippen MR) is 74.7 cm³/mol. The molecule has 2 nitrogen and oxygen atoms in total. The molecule has 17 heavy (non-hydrogen) atoms. The van der Waals surface area contributed by atoms with Crippen LogP contribution in [0.5, 0.6) is 0 Å². The van der Waals surface area contributed by atoms with Gasteiger partial charge in [-0.2, -0.15) is 0 Å². The van der Waals surface area contributed by atoms with Crippen molar-refractivity contribution in [1.82, 2.24) is 4.90 Å². The predicted octanol–water partition coefficient (Wildman–Crippen LogP) is 4.01. The van der Waals surface area contributed by atoms with Gasteiger partial charge in [-0.3, -0.25) is 4.99 Å². The molecule has 0 bridgehead atoms. The van der Waals surface area contributed by atoms with Gasteiger partial charge in [0.05, 0.1) is 5.84 Å². The fraction of sp³-hybridized carbons (Fsp3) is 0.933. The summed E-state index contributed by atoms with van der Waals surface area (Å²) in [4.78, 5) is 7.32. The average molecular weight is 236 g/mol. The zero-order valence-electron chi connectivity index (χ0n) is 11.3. The van der Waals surface area contributed by atoms with Crippen LogP contribution in [0.1, 0.15) is 70.6 Å². The summed E-state index contributed by atoms with van der Waals surface area (Å²) < 4.78 is 0. The van der Waals surface area contributed by atoms with Crippen LogP contribution in [0.2, 0.25) is 0 Å². The Kier molecular flexibility index (Phi) is 5.87. The molecule has 1 saturated heterocycles. The smallest absolute Gasteiger partial charge is 0.0988 e. The van der Waals surface area contributed by atoms with Gasteiger partial charge < -0.3 is 4.90 Å². The summed E-state index contributed by atoms with van der Waals surface area (Å²) in [6.07, 6.45) is 15.3. The van der Waals surface area contributed by atoms with E-state index in [-0.39, 0.29) is 0 Å². The number of hydrogen-bond donors (Lipinski definition) is 0. The Bertz CT molecular complexity index is 235. The molecule has 0 aromatic carbocycles. The molecule has 2 aliphatic rings. The summed E-state index contributed by atoms with van der Waals surface area (Å²) in [7, 11) is 0. The highest BCUT2D eigenvalue weighted by Crippen LogP contribution is 2.16. The Labute approximate surface area is 106 Å². The van der Waals surface area contributed by atoms with Gasteiger partial charge in [-0.05, 0) is 19.3 Å². The van der Waals surface area contributed by atoms with Crippen LogP contribution in [0.3, 0.4) is 0 Å². The Hall–Kier alpha value is -0.530. The molecule has 0 N–H and O–H groups in total. The van der Waals surface area contributed by atoms with E-state index in [0.29, 0.717) is 0 Å². The van der Waals surface area contributed by atoms with Crippen molar-refractivity contribution < 1.29 is 0 Å². The maximum absolute atomic E-state index is 4.75. The van der Waals surface area contributed by atoms with Gasteiger partial charge in [0.1, 0.15) is 0 Å². The van der Waals surface area contributed by atoms with Gasteiger partial charge in [-0.15, -0.1) is 0 Å². The second-order valence-corrected chi connectivity index (χ2v) is 5.57. The molecule has 0 atom stereocenters. The molecule has 2 rings (SSSR count). The molecule has 0 aliphatic carbocycles. The number of aliphatic imine (C=N–C) groups is 1. The van der Waals surface area contributed by atoms with E-state index >= 15 is 0 Å². The summed E-state index contributed by atoms with van der Waals surface area (Å²) in [5, 5.41) is 0. The Morgan fingerprint density at radius 1 is 0.647 bits per heavy atom. The first-order valence-corrected chi connectivity index (χ1v) is 7.75. The number of amidine groups is 1. The van der Waals surface area contributed by atoms with Crippen LogP contribution in [-0.2, 0) is 0 Å². The van der Waals surface area contributed by atoms with Gasteiger partial charge in [0.2, 0.25) is 0 Å². The molecule has 0 radical (unpaired) electrons. The van der Waals surface area contributed by atoms with Gasteiger partial charge in [0, 0.05) is 26.1 Å². The molecule has 2 aliphatic heterocycles. The van der Waals surface area contributed by atoms with Gasteiger partial charge in [-0.25, -0.2) is 0 Å². The van der Waals surface area contributed by atoms with E-state index in [1.165, 1.54) is 89.6 Å². The molecular formula is C15H28N2. The number of rotatable bonds is 0. The molecule has 98 valence electrons. The van der Waals surface area contributed by atoms with E-state index in [4.69, 9.17) is 4.99 Å². The van der Waals surface area contributed by atoms with Crippen molar-refractivity contribution in [2.45, 2.75) is 70.6 Å². The van der Waals surface area contributed by atoms with E-state index < -0.39 is 0 Å². The Balaban J connectivity index is 1.84. The highest BCUT2D eigenvalue weighted by atomic mass is 15.2. The zero-order chi connectivity index (χ0) is 11.8. The van der Waals surface area contributed by atoms with Crippen molar-refractivity contribution in [3.63, 3.8) is 0 Å². The maximum Gasteiger partial charge on any atom is 0.0988 e. The van der Waals surface area contributed by atoms with Gasteiger partial charge >= 0.3 is 0 Å². The summed E-state index contributed by atoms with van der Waals surface area (Å²) in [5.74, 6) is 1.43. The summed E-state index contributed by atoms with van der Waals surface area (Å²) in [6, 6.07) is 0. The highest BCUT2D eigenvalue weighted by Gasteiger charge is 2.14. The van der Waals surface area contributed by atoms with Gasteiger partial charge in [-0.1, -0.05) is 44.9 Å². The average Bonchev–Trinajstić information content (AvgIpc) is 2.38. The van der Waals surface area contributed by atoms with Gasteiger partial charge in [0.15, 0.2) is 0 Å². The van der Waals surface area contributed by atoms with Crippen LogP contribution in [-0.4, -0.2) is 30.4 Å². The Morgan fingerprint density at radius 2 is 1.24 bits per heavy atom. The van der Waals surface area contributed by atoms with Crippen LogP contribution in [0.25, 0.3) is 0 Å². The van der Waals surface area contributed by atoms with Crippen molar-refractivity contribution in [3.8, 4) is 0 Å².